The molecule has 0 saturated heterocycles. The van der Waals surface area contributed by atoms with Crippen LogP contribution in [0, 0.1) is 0 Å². The molecule has 9 heteroatoms. The van der Waals surface area contributed by atoms with E-state index in [9.17, 15) is 19.5 Å². The minimum atomic E-state index is -1.27. The number of ether oxygens (including phenoxy) is 1. The number of anilines is 1. The van der Waals surface area contributed by atoms with Gasteiger partial charge in [-0.05, 0) is 50.3 Å². The molecule has 0 spiro atoms. The van der Waals surface area contributed by atoms with Crippen LogP contribution in [-0.2, 0) is 24.3 Å². The lowest BCUT2D eigenvalue weighted by Crippen LogP contribution is -2.43. The molecule has 9 nitrogen and oxygen atoms in total. The van der Waals surface area contributed by atoms with Gasteiger partial charge in [0.05, 0.1) is 0 Å². The van der Waals surface area contributed by atoms with Gasteiger partial charge in [-0.3, -0.25) is 9.36 Å². The van der Waals surface area contributed by atoms with Crippen LogP contribution in [-0.4, -0.2) is 37.6 Å². The van der Waals surface area contributed by atoms with E-state index in [-0.39, 0.29) is 17.1 Å². The van der Waals surface area contributed by atoms with Gasteiger partial charge in [0.1, 0.15) is 5.75 Å². The Hall–Kier alpha value is -3.10. The number of aromatic nitrogens is 3. The maximum Gasteiger partial charge on any atom is 0.347 e. The van der Waals surface area contributed by atoms with Crippen LogP contribution in [0.3, 0.4) is 0 Å². The van der Waals surface area contributed by atoms with Gasteiger partial charge in [-0.1, -0.05) is 90.7 Å². The smallest absolute Gasteiger partial charge is 0.347 e. The summed E-state index contributed by atoms with van der Waals surface area (Å²) in [7, 11) is 0. The van der Waals surface area contributed by atoms with Crippen LogP contribution in [0.5, 0.6) is 5.75 Å². The van der Waals surface area contributed by atoms with Crippen molar-refractivity contribution in [1.29, 1.82) is 0 Å². The molecule has 1 aromatic heterocycles. The molecule has 0 fully saturated rings. The molecular weight excluding hydrogens is 508 g/mol. The number of benzene rings is 1. The molecule has 2 aromatic rings. The van der Waals surface area contributed by atoms with Gasteiger partial charge in [-0.2, -0.15) is 0 Å². The van der Waals surface area contributed by atoms with E-state index in [4.69, 9.17) is 4.74 Å². The van der Waals surface area contributed by atoms with Crippen LogP contribution < -0.4 is 21.3 Å². The Balaban J connectivity index is 2.08. The number of carboxylic acids is 1. The molecule has 1 atom stereocenters. The number of unbranched alkanes of at least 4 members (excludes halogenated alkanes) is 8. The molecule has 40 heavy (non-hydrogen) atoms. The lowest BCUT2D eigenvalue weighted by molar-refractivity contribution is -0.154. The van der Waals surface area contributed by atoms with Crippen molar-refractivity contribution in [3.63, 3.8) is 0 Å². The number of hydrogen-bond donors (Lipinski definition) is 2. The number of nitrogens with one attached hydrogen (secondary N) is 1. The number of hydrogen-bond acceptors (Lipinski definition) is 6. The summed E-state index contributed by atoms with van der Waals surface area (Å²) in [6.45, 7) is 9.23. The lowest BCUT2D eigenvalue weighted by Gasteiger charge is -2.26. The van der Waals surface area contributed by atoms with Crippen molar-refractivity contribution < 1.29 is 14.6 Å². The Morgan fingerprint density at radius 2 is 1.50 bits per heavy atom. The van der Waals surface area contributed by atoms with Crippen molar-refractivity contribution in [2.45, 2.75) is 130 Å². The third-order valence-electron chi connectivity index (χ3n) is 7.23. The van der Waals surface area contributed by atoms with Gasteiger partial charge in [0.2, 0.25) is 11.4 Å². The summed E-state index contributed by atoms with van der Waals surface area (Å²) < 4.78 is 8.58. The number of aryl methyl sites for hydroxylation is 1. The summed E-state index contributed by atoms with van der Waals surface area (Å²) >= 11 is 0. The van der Waals surface area contributed by atoms with Crippen LogP contribution in [0.2, 0.25) is 0 Å². The highest BCUT2D eigenvalue weighted by Gasteiger charge is 2.34. The zero-order chi connectivity index (χ0) is 29.4. The molecule has 0 amide bonds. The second-order valence-corrected chi connectivity index (χ2v) is 10.8. The van der Waals surface area contributed by atoms with Gasteiger partial charge < -0.3 is 15.2 Å². The summed E-state index contributed by atoms with van der Waals surface area (Å²) in [5.41, 5.74) is -0.949. The summed E-state index contributed by atoms with van der Waals surface area (Å²) in [6, 6.07) is 7.33. The zero-order valence-corrected chi connectivity index (χ0v) is 25.0. The highest BCUT2D eigenvalue weighted by molar-refractivity contribution is 5.77. The topological polar surface area (TPSA) is 115 Å². The van der Waals surface area contributed by atoms with Gasteiger partial charge in [0, 0.05) is 19.6 Å². The third-order valence-corrected chi connectivity index (χ3v) is 7.23. The highest BCUT2D eigenvalue weighted by Crippen LogP contribution is 2.23. The maximum absolute atomic E-state index is 13.2. The first kappa shape index (κ1) is 33.1. The molecule has 224 valence electrons. The minimum absolute atomic E-state index is 0.207. The largest absolute Gasteiger partial charge is 0.478 e. The molecule has 2 rings (SSSR count). The highest BCUT2D eigenvalue weighted by atomic mass is 16.5. The maximum atomic E-state index is 13.2. The standard InChI is InChI=1S/C31H50N4O5/c1-5-8-10-12-14-23-34-28(36)27(33-35(30(34)39)24-15-13-11-9-6-2)32-22-20-25-16-18-26(19-17-25)40-31(4,21-7-3)29(37)38/h16-19H,5-15,20-24H2,1-4H3,(H,32,33)(H,37,38). The van der Waals surface area contributed by atoms with Crippen molar-refractivity contribution in [2.75, 3.05) is 11.9 Å². The normalized spacial score (nSPS) is 12.7. The zero-order valence-electron chi connectivity index (χ0n) is 25.0. The first-order valence-electron chi connectivity index (χ1n) is 15.2. The van der Waals surface area contributed by atoms with Crippen LogP contribution >= 0.6 is 0 Å². The van der Waals surface area contributed by atoms with E-state index in [0.717, 1.165) is 63.4 Å². The Bertz CT molecular complexity index is 1140. The predicted molar refractivity (Wildman–Crippen MR) is 160 cm³/mol. The number of carbonyl (C=O) groups is 1. The van der Waals surface area contributed by atoms with E-state index in [0.29, 0.717) is 44.6 Å². The lowest BCUT2D eigenvalue weighted by atomic mass is 10.0. The fourth-order valence-electron chi connectivity index (χ4n) is 4.74. The Labute approximate surface area is 239 Å². The van der Waals surface area contributed by atoms with E-state index >= 15 is 0 Å². The summed E-state index contributed by atoms with van der Waals surface area (Å²) in [5, 5.41) is 17.1. The molecule has 1 unspecified atom stereocenters. The quantitative estimate of drug-likeness (QED) is 0.180. The number of rotatable bonds is 21. The fourth-order valence-corrected chi connectivity index (χ4v) is 4.74. The summed E-state index contributed by atoms with van der Waals surface area (Å²) in [5.74, 6) is -0.271. The summed E-state index contributed by atoms with van der Waals surface area (Å²) in [6.07, 6.45) is 12.3. The number of carboxylic acid groups (broad SMARTS) is 1. The minimum Gasteiger partial charge on any atom is -0.478 e. The van der Waals surface area contributed by atoms with Gasteiger partial charge in [0.15, 0.2) is 0 Å². The number of aliphatic carboxylic acids is 1. The van der Waals surface area contributed by atoms with Crippen molar-refractivity contribution >= 4 is 11.8 Å². The molecule has 0 radical (unpaired) electrons. The van der Waals surface area contributed by atoms with E-state index in [1.165, 1.54) is 15.7 Å². The summed E-state index contributed by atoms with van der Waals surface area (Å²) in [4.78, 5) is 37.9. The molecular formula is C31H50N4O5. The van der Waals surface area contributed by atoms with E-state index in [2.05, 4.69) is 24.3 Å². The second-order valence-electron chi connectivity index (χ2n) is 10.8. The Morgan fingerprint density at radius 3 is 2.08 bits per heavy atom. The Morgan fingerprint density at radius 1 is 0.900 bits per heavy atom. The van der Waals surface area contributed by atoms with Crippen molar-refractivity contribution in [2.24, 2.45) is 0 Å². The van der Waals surface area contributed by atoms with Crippen molar-refractivity contribution in [3.8, 4) is 5.75 Å². The van der Waals surface area contributed by atoms with E-state index in [1.807, 2.05) is 19.1 Å². The molecule has 0 bridgehead atoms. The van der Waals surface area contributed by atoms with Crippen molar-refractivity contribution in [3.05, 3.63) is 50.7 Å². The first-order chi connectivity index (χ1) is 19.3. The molecule has 0 aliphatic carbocycles. The second kappa shape index (κ2) is 17.6. The van der Waals surface area contributed by atoms with Crippen LogP contribution in [0.15, 0.2) is 33.9 Å². The van der Waals surface area contributed by atoms with Crippen molar-refractivity contribution in [1.82, 2.24) is 14.3 Å². The third kappa shape index (κ3) is 10.5. The average molecular weight is 559 g/mol. The SMILES string of the molecule is CCCCCCCn1nc(NCCc2ccc(OC(C)(CCC)C(=O)O)cc2)c(=O)n(CCCCCCC)c1=O. The van der Waals surface area contributed by atoms with Gasteiger partial charge in [0.25, 0.3) is 5.56 Å². The molecule has 1 heterocycles. The molecule has 2 N–H and O–H groups in total. The van der Waals surface area contributed by atoms with E-state index < -0.39 is 11.6 Å². The van der Waals surface area contributed by atoms with Crippen LogP contribution in [0.4, 0.5) is 5.82 Å². The monoisotopic (exact) mass is 558 g/mol. The van der Waals surface area contributed by atoms with Gasteiger partial charge in [-0.15, -0.1) is 5.10 Å². The predicted octanol–water partition coefficient (Wildman–Crippen LogP) is 6.02. The van der Waals surface area contributed by atoms with Crippen LogP contribution in [0.1, 0.15) is 110 Å². The van der Waals surface area contributed by atoms with Crippen LogP contribution in [0.25, 0.3) is 0 Å². The molecule has 1 aromatic carbocycles. The van der Waals surface area contributed by atoms with Gasteiger partial charge in [-0.25, -0.2) is 14.3 Å². The average Bonchev–Trinajstić information content (AvgIpc) is 2.93. The fraction of sp³-hybridized carbons (Fsp3) is 0.677. The molecule has 0 aliphatic heterocycles. The molecule has 0 aliphatic rings. The Kier molecular flexibility index (Phi) is 14.5. The number of nitrogens with zero attached hydrogens (tertiary/aromatic N) is 3. The first-order valence-corrected chi connectivity index (χ1v) is 15.2. The van der Waals surface area contributed by atoms with Gasteiger partial charge >= 0.3 is 11.7 Å². The van der Waals surface area contributed by atoms with E-state index in [1.54, 1.807) is 19.1 Å². The molecule has 0 saturated carbocycles.